The molecule has 9 heteroatoms. The molecule has 0 spiro atoms. The van der Waals surface area contributed by atoms with Crippen molar-refractivity contribution in [3.8, 4) is 11.8 Å². The summed E-state index contributed by atoms with van der Waals surface area (Å²) in [4.78, 5) is 44.4. The Hall–Kier alpha value is -3.80. The second kappa shape index (κ2) is 11.6. The number of likely N-dealkylation sites (tertiary alicyclic amines) is 1. The third-order valence-corrected chi connectivity index (χ3v) is 5.49. The normalized spacial score (nSPS) is 16.1. The van der Waals surface area contributed by atoms with E-state index < -0.39 is 23.8 Å². The minimum Gasteiger partial charge on any atom is -0.444 e. The van der Waals surface area contributed by atoms with Crippen molar-refractivity contribution in [2.75, 3.05) is 13.1 Å². The fourth-order valence-corrected chi connectivity index (χ4v) is 3.86. The Morgan fingerprint density at radius 2 is 1.97 bits per heavy atom. The van der Waals surface area contributed by atoms with Gasteiger partial charge in [0.1, 0.15) is 23.4 Å². The first-order chi connectivity index (χ1) is 16.6. The Morgan fingerprint density at radius 1 is 1.23 bits per heavy atom. The monoisotopic (exact) mass is 479 g/mol. The first kappa shape index (κ1) is 25.8. The molecule has 1 aromatic heterocycles. The van der Waals surface area contributed by atoms with Gasteiger partial charge in [-0.05, 0) is 45.1 Å². The summed E-state index contributed by atoms with van der Waals surface area (Å²) in [7, 11) is 1.84. The zero-order chi connectivity index (χ0) is 25.4. The number of carbonyl (C=O) groups is 3. The molecule has 2 atom stereocenters. The third-order valence-electron chi connectivity index (χ3n) is 5.49. The van der Waals surface area contributed by atoms with Gasteiger partial charge in [0.2, 0.25) is 11.8 Å². The second-order valence-electron chi connectivity index (χ2n) is 9.49. The Kier molecular flexibility index (Phi) is 8.53. The molecule has 1 aromatic carbocycles. The molecule has 186 valence electrons. The third kappa shape index (κ3) is 7.60. The number of nitrogens with one attached hydrogen (secondary N) is 2. The van der Waals surface area contributed by atoms with Gasteiger partial charge in [-0.25, -0.2) is 9.78 Å². The molecule has 0 saturated carbocycles. The van der Waals surface area contributed by atoms with E-state index in [9.17, 15) is 14.4 Å². The SMILES string of the molecule is Cn1cncc1C#CCNC(=O)[C@@H]1CCCN1C(=O)[C@@H](Cc1ccccc1)NC(=O)OC(C)(C)C. The van der Waals surface area contributed by atoms with Crippen LogP contribution >= 0.6 is 0 Å². The van der Waals surface area contributed by atoms with Crippen LogP contribution in [0.3, 0.4) is 0 Å². The van der Waals surface area contributed by atoms with Gasteiger partial charge in [-0.2, -0.15) is 0 Å². The quantitative estimate of drug-likeness (QED) is 0.617. The smallest absolute Gasteiger partial charge is 0.408 e. The van der Waals surface area contributed by atoms with Gasteiger partial charge in [-0.3, -0.25) is 9.59 Å². The van der Waals surface area contributed by atoms with Crippen LogP contribution in [-0.2, 0) is 27.8 Å². The molecule has 9 nitrogen and oxygen atoms in total. The van der Waals surface area contributed by atoms with E-state index in [2.05, 4.69) is 27.5 Å². The van der Waals surface area contributed by atoms with E-state index in [1.807, 2.05) is 37.4 Å². The van der Waals surface area contributed by atoms with Crippen molar-refractivity contribution in [1.29, 1.82) is 0 Å². The van der Waals surface area contributed by atoms with Crippen LogP contribution in [0.2, 0.25) is 0 Å². The first-order valence-corrected chi connectivity index (χ1v) is 11.7. The molecule has 3 amide bonds. The maximum absolute atomic E-state index is 13.5. The highest BCUT2D eigenvalue weighted by Gasteiger charge is 2.38. The summed E-state index contributed by atoms with van der Waals surface area (Å²) in [5.74, 6) is 5.30. The molecule has 35 heavy (non-hydrogen) atoms. The molecule has 0 aliphatic carbocycles. The van der Waals surface area contributed by atoms with Crippen molar-refractivity contribution in [2.24, 2.45) is 7.05 Å². The maximum atomic E-state index is 13.5. The fraction of sp³-hybridized carbons (Fsp3) is 0.462. The zero-order valence-corrected chi connectivity index (χ0v) is 20.7. The van der Waals surface area contributed by atoms with E-state index in [1.165, 1.54) is 0 Å². The van der Waals surface area contributed by atoms with Gasteiger partial charge in [0.25, 0.3) is 0 Å². The molecule has 0 unspecified atom stereocenters. The molecule has 2 aromatic rings. The molecule has 0 bridgehead atoms. The van der Waals surface area contributed by atoms with E-state index in [4.69, 9.17) is 4.74 Å². The first-order valence-electron chi connectivity index (χ1n) is 11.7. The van der Waals surface area contributed by atoms with Crippen molar-refractivity contribution < 1.29 is 19.1 Å². The van der Waals surface area contributed by atoms with Gasteiger partial charge in [-0.15, -0.1) is 0 Å². The van der Waals surface area contributed by atoms with Crippen LogP contribution in [0.25, 0.3) is 0 Å². The van der Waals surface area contributed by atoms with E-state index >= 15 is 0 Å². The summed E-state index contributed by atoms with van der Waals surface area (Å²) in [5, 5.41) is 5.52. The summed E-state index contributed by atoms with van der Waals surface area (Å²) in [6, 6.07) is 7.97. The number of carbonyl (C=O) groups excluding carboxylic acids is 3. The average Bonchev–Trinajstić information content (AvgIpc) is 3.44. The van der Waals surface area contributed by atoms with Crippen molar-refractivity contribution >= 4 is 17.9 Å². The Morgan fingerprint density at radius 3 is 2.63 bits per heavy atom. The van der Waals surface area contributed by atoms with Crippen molar-refractivity contribution in [2.45, 2.75) is 57.7 Å². The Labute approximate surface area is 206 Å². The number of hydrogen-bond donors (Lipinski definition) is 2. The number of aryl methyl sites for hydroxylation is 1. The molecule has 3 rings (SSSR count). The minimum atomic E-state index is -0.856. The van der Waals surface area contributed by atoms with Crippen LogP contribution in [0.5, 0.6) is 0 Å². The summed E-state index contributed by atoms with van der Waals surface area (Å²) in [5.41, 5.74) is 0.943. The minimum absolute atomic E-state index is 0.159. The lowest BCUT2D eigenvalue weighted by molar-refractivity contribution is -0.139. The van der Waals surface area contributed by atoms with Crippen LogP contribution in [0.4, 0.5) is 4.79 Å². The molecule has 1 saturated heterocycles. The van der Waals surface area contributed by atoms with Crippen LogP contribution in [0, 0.1) is 11.8 Å². The molecule has 1 aliphatic rings. The largest absolute Gasteiger partial charge is 0.444 e. The highest BCUT2D eigenvalue weighted by atomic mass is 16.6. The van der Waals surface area contributed by atoms with Gasteiger partial charge in [0.05, 0.1) is 19.1 Å². The van der Waals surface area contributed by atoms with Gasteiger partial charge in [0.15, 0.2) is 0 Å². The molecular formula is C26H33N5O4. The number of imidazole rings is 1. The number of benzene rings is 1. The Balaban J connectivity index is 1.67. The summed E-state index contributed by atoms with van der Waals surface area (Å²) in [6.45, 7) is 5.89. The number of rotatable bonds is 6. The van der Waals surface area contributed by atoms with Gasteiger partial charge < -0.3 is 24.8 Å². The highest BCUT2D eigenvalue weighted by molar-refractivity contribution is 5.92. The van der Waals surface area contributed by atoms with Gasteiger partial charge >= 0.3 is 6.09 Å². The molecule has 1 fully saturated rings. The van der Waals surface area contributed by atoms with Crippen molar-refractivity contribution in [3.05, 3.63) is 54.1 Å². The fourth-order valence-electron chi connectivity index (χ4n) is 3.86. The molecular weight excluding hydrogens is 446 g/mol. The maximum Gasteiger partial charge on any atom is 0.408 e. The van der Waals surface area contributed by atoms with Crippen molar-refractivity contribution in [3.63, 3.8) is 0 Å². The highest BCUT2D eigenvalue weighted by Crippen LogP contribution is 2.20. The number of hydrogen-bond acceptors (Lipinski definition) is 5. The van der Waals surface area contributed by atoms with Crippen LogP contribution in [0.15, 0.2) is 42.9 Å². The predicted octanol–water partition coefficient (Wildman–Crippen LogP) is 2.01. The topological polar surface area (TPSA) is 106 Å². The molecule has 0 radical (unpaired) electrons. The average molecular weight is 480 g/mol. The van der Waals surface area contributed by atoms with E-state index in [1.54, 1.807) is 42.8 Å². The van der Waals surface area contributed by atoms with Crippen LogP contribution in [-0.4, -0.2) is 63.1 Å². The van der Waals surface area contributed by atoms with E-state index in [0.29, 0.717) is 25.8 Å². The molecule has 1 aliphatic heterocycles. The number of ether oxygens (including phenoxy) is 1. The summed E-state index contributed by atoms with van der Waals surface area (Å²) >= 11 is 0. The summed E-state index contributed by atoms with van der Waals surface area (Å²) < 4.78 is 7.16. The van der Waals surface area contributed by atoms with E-state index in [0.717, 1.165) is 11.3 Å². The van der Waals surface area contributed by atoms with E-state index in [-0.39, 0.29) is 18.4 Å². The lowest BCUT2D eigenvalue weighted by Gasteiger charge is -2.29. The Bertz CT molecular complexity index is 1090. The standard InChI is InChI=1S/C26H33N5O4/c1-26(2,3)35-25(34)29-21(16-19-10-6-5-7-11-19)24(33)31-15-9-13-22(31)23(32)28-14-8-12-20-17-27-18-30(20)4/h5-7,10-11,17-18,21-22H,9,13-16H2,1-4H3,(H,28,32)(H,29,34)/t21-,22+/m1/s1. The number of amides is 3. The number of alkyl carbamates (subject to hydrolysis) is 1. The predicted molar refractivity (Wildman–Crippen MR) is 131 cm³/mol. The molecule has 2 N–H and O–H groups in total. The number of aromatic nitrogens is 2. The lowest BCUT2D eigenvalue weighted by atomic mass is 10.0. The number of nitrogens with zero attached hydrogens (tertiary/aromatic N) is 3. The van der Waals surface area contributed by atoms with Gasteiger partial charge in [0, 0.05) is 20.0 Å². The molecule has 2 heterocycles. The second-order valence-corrected chi connectivity index (χ2v) is 9.49. The zero-order valence-electron chi connectivity index (χ0n) is 20.7. The van der Waals surface area contributed by atoms with Crippen LogP contribution < -0.4 is 10.6 Å². The summed E-state index contributed by atoms with van der Waals surface area (Å²) in [6.07, 6.45) is 4.18. The lowest BCUT2D eigenvalue weighted by Crippen LogP contribution is -2.54. The van der Waals surface area contributed by atoms with Gasteiger partial charge in [-0.1, -0.05) is 36.3 Å². The van der Waals surface area contributed by atoms with Crippen molar-refractivity contribution in [1.82, 2.24) is 25.1 Å². The van der Waals surface area contributed by atoms with Crippen LogP contribution in [0.1, 0.15) is 44.9 Å².